The molecule has 0 fully saturated rings. The van der Waals surface area contributed by atoms with Crippen molar-refractivity contribution >= 4 is 21.5 Å². The summed E-state index contributed by atoms with van der Waals surface area (Å²) in [6.07, 6.45) is 4.68. The Morgan fingerprint density at radius 3 is 2.38 bits per heavy atom. The van der Waals surface area contributed by atoms with Crippen molar-refractivity contribution < 1.29 is 17.9 Å². The monoisotopic (exact) mass is 416 g/mol. The molecular formula is C22H28N2O4S. The number of ether oxygens (including phenoxy) is 1. The highest BCUT2D eigenvalue weighted by molar-refractivity contribution is 7.92. The second-order valence-electron chi connectivity index (χ2n) is 6.80. The molecule has 0 aliphatic carbocycles. The van der Waals surface area contributed by atoms with E-state index < -0.39 is 10.0 Å². The molecule has 0 heterocycles. The maximum absolute atomic E-state index is 13.3. The number of hydrogen-bond donors (Lipinski definition) is 0. The van der Waals surface area contributed by atoms with Crippen LogP contribution in [0.25, 0.3) is 0 Å². The van der Waals surface area contributed by atoms with Crippen molar-refractivity contribution in [3.63, 3.8) is 0 Å². The second kappa shape index (κ2) is 10.1. The number of methoxy groups -OCH3 is 1. The van der Waals surface area contributed by atoms with Crippen LogP contribution >= 0.6 is 0 Å². The fraction of sp³-hybridized carbons (Fsp3) is 0.318. The summed E-state index contributed by atoms with van der Waals surface area (Å²) < 4.78 is 33.1. The zero-order valence-electron chi connectivity index (χ0n) is 17.3. The van der Waals surface area contributed by atoms with Crippen LogP contribution in [-0.4, -0.2) is 46.9 Å². The number of ketones is 1. The number of nitrogens with zero attached hydrogens (tertiary/aromatic N) is 2. The summed E-state index contributed by atoms with van der Waals surface area (Å²) in [6.45, 7) is 2.33. The van der Waals surface area contributed by atoms with Gasteiger partial charge in [0.1, 0.15) is 5.75 Å². The van der Waals surface area contributed by atoms with Crippen molar-refractivity contribution in [3.05, 3.63) is 66.4 Å². The summed E-state index contributed by atoms with van der Waals surface area (Å²) in [6, 6.07) is 13.0. The van der Waals surface area contributed by atoms with E-state index >= 15 is 0 Å². The van der Waals surface area contributed by atoms with Crippen molar-refractivity contribution in [1.82, 2.24) is 4.90 Å². The predicted octanol–water partition coefficient (Wildman–Crippen LogP) is 3.95. The fourth-order valence-electron chi connectivity index (χ4n) is 2.69. The standard InChI is InChI=1S/C22H28N2O4S/c1-5-6-15-24(29(26,27)21-12-10-20(28-4)11-13-21)19-9-7-8-18(17-19)22(25)14-16-23(2)3/h7-14,16-17H,5-6,15H2,1-4H3. The molecule has 0 spiro atoms. The van der Waals surface area contributed by atoms with E-state index in [0.717, 1.165) is 6.42 Å². The van der Waals surface area contributed by atoms with Gasteiger partial charge in [0.2, 0.25) is 0 Å². The van der Waals surface area contributed by atoms with Crippen molar-refractivity contribution in [2.45, 2.75) is 24.7 Å². The third-order valence-corrected chi connectivity index (χ3v) is 6.15. The maximum atomic E-state index is 13.3. The number of carbonyl (C=O) groups is 1. The summed E-state index contributed by atoms with van der Waals surface area (Å²) in [7, 11) is 1.41. The number of allylic oxidation sites excluding steroid dienone is 1. The van der Waals surface area contributed by atoms with E-state index in [1.165, 1.54) is 29.6 Å². The van der Waals surface area contributed by atoms with Gasteiger partial charge in [-0.25, -0.2) is 8.42 Å². The molecule has 2 rings (SSSR count). The van der Waals surface area contributed by atoms with Crippen molar-refractivity contribution in [3.8, 4) is 5.75 Å². The highest BCUT2D eigenvalue weighted by Crippen LogP contribution is 2.26. The molecule has 0 bridgehead atoms. The number of sulfonamides is 1. The quantitative estimate of drug-likeness (QED) is 0.433. The normalized spacial score (nSPS) is 11.4. The molecule has 0 saturated heterocycles. The van der Waals surface area contributed by atoms with Crippen LogP contribution in [0.4, 0.5) is 5.69 Å². The van der Waals surface area contributed by atoms with Gasteiger partial charge in [-0.1, -0.05) is 25.5 Å². The van der Waals surface area contributed by atoms with E-state index in [1.54, 1.807) is 47.5 Å². The molecule has 0 radical (unpaired) electrons. The van der Waals surface area contributed by atoms with Crippen LogP contribution < -0.4 is 9.04 Å². The van der Waals surface area contributed by atoms with Gasteiger partial charge in [-0.05, 0) is 42.8 Å². The molecule has 0 atom stereocenters. The molecule has 0 amide bonds. The zero-order valence-corrected chi connectivity index (χ0v) is 18.1. The van der Waals surface area contributed by atoms with E-state index in [-0.39, 0.29) is 10.7 Å². The van der Waals surface area contributed by atoms with Crippen molar-refractivity contribution in [2.75, 3.05) is 32.1 Å². The largest absolute Gasteiger partial charge is 0.497 e. The zero-order chi connectivity index (χ0) is 21.4. The van der Waals surface area contributed by atoms with E-state index in [4.69, 9.17) is 4.74 Å². The summed E-state index contributed by atoms with van der Waals surface area (Å²) >= 11 is 0. The number of carbonyl (C=O) groups excluding carboxylic acids is 1. The molecule has 0 aliphatic rings. The van der Waals surface area contributed by atoms with Crippen LogP contribution in [0.15, 0.2) is 65.7 Å². The number of anilines is 1. The lowest BCUT2D eigenvalue weighted by Gasteiger charge is -2.25. The van der Waals surface area contributed by atoms with E-state index in [1.807, 2.05) is 21.0 Å². The summed E-state index contributed by atoms with van der Waals surface area (Å²) in [5.74, 6) is 0.405. The number of benzene rings is 2. The van der Waals surface area contributed by atoms with Gasteiger partial charge in [0.05, 0.1) is 17.7 Å². The van der Waals surface area contributed by atoms with Gasteiger partial charge in [0.15, 0.2) is 5.78 Å². The molecule has 0 saturated carbocycles. The Bertz CT molecular complexity index is 951. The molecule has 29 heavy (non-hydrogen) atoms. The number of rotatable bonds is 10. The first-order valence-electron chi connectivity index (χ1n) is 9.45. The van der Waals surface area contributed by atoms with E-state index in [2.05, 4.69) is 0 Å². The van der Waals surface area contributed by atoms with Crippen LogP contribution in [0.3, 0.4) is 0 Å². The fourth-order valence-corrected chi connectivity index (χ4v) is 4.19. The Morgan fingerprint density at radius 2 is 1.79 bits per heavy atom. The lowest BCUT2D eigenvalue weighted by molar-refractivity contribution is 0.104. The second-order valence-corrected chi connectivity index (χ2v) is 8.66. The topological polar surface area (TPSA) is 66.9 Å². The SMILES string of the molecule is CCCCN(c1cccc(C(=O)C=CN(C)C)c1)S(=O)(=O)c1ccc(OC)cc1. The minimum absolute atomic E-state index is 0.179. The van der Waals surface area contributed by atoms with E-state index in [0.29, 0.717) is 30.0 Å². The van der Waals surface area contributed by atoms with Gasteiger partial charge in [-0.2, -0.15) is 0 Å². The van der Waals surface area contributed by atoms with E-state index in [9.17, 15) is 13.2 Å². The molecule has 7 heteroatoms. The van der Waals surface area contributed by atoms with Gasteiger partial charge >= 0.3 is 0 Å². The third-order valence-electron chi connectivity index (χ3n) is 4.30. The van der Waals surface area contributed by atoms with Crippen LogP contribution in [0, 0.1) is 0 Å². The minimum Gasteiger partial charge on any atom is -0.497 e. The predicted molar refractivity (Wildman–Crippen MR) is 116 cm³/mol. The first-order valence-corrected chi connectivity index (χ1v) is 10.9. The van der Waals surface area contributed by atoms with Crippen LogP contribution in [0.1, 0.15) is 30.1 Å². The molecular weight excluding hydrogens is 388 g/mol. The number of hydrogen-bond acceptors (Lipinski definition) is 5. The van der Waals surface area contributed by atoms with Gasteiger partial charge < -0.3 is 9.64 Å². The molecule has 0 aliphatic heterocycles. The van der Waals surface area contributed by atoms with Gasteiger partial charge in [0, 0.05) is 38.5 Å². The summed E-state index contributed by atoms with van der Waals surface area (Å²) in [5, 5.41) is 0. The molecule has 156 valence electrons. The summed E-state index contributed by atoms with van der Waals surface area (Å²) in [4.78, 5) is 14.4. The summed E-state index contributed by atoms with van der Waals surface area (Å²) in [5.41, 5.74) is 0.908. The van der Waals surface area contributed by atoms with Gasteiger partial charge in [-0.15, -0.1) is 0 Å². The Labute approximate surface area is 173 Å². The van der Waals surface area contributed by atoms with Crippen LogP contribution in [0.5, 0.6) is 5.75 Å². The van der Waals surface area contributed by atoms with Crippen LogP contribution in [-0.2, 0) is 10.0 Å². The van der Waals surface area contributed by atoms with Crippen molar-refractivity contribution in [2.24, 2.45) is 0 Å². The molecule has 2 aromatic rings. The average molecular weight is 417 g/mol. The first kappa shape index (κ1) is 22.5. The lowest BCUT2D eigenvalue weighted by Crippen LogP contribution is -2.32. The van der Waals surface area contributed by atoms with Crippen LogP contribution in [0.2, 0.25) is 0 Å². The van der Waals surface area contributed by atoms with Crippen molar-refractivity contribution in [1.29, 1.82) is 0 Å². The third kappa shape index (κ3) is 5.84. The average Bonchev–Trinajstić information content (AvgIpc) is 2.72. The molecule has 6 nitrogen and oxygen atoms in total. The Kier molecular flexibility index (Phi) is 7.84. The minimum atomic E-state index is -3.78. The highest BCUT2D eigenvalue weighted by atomic mass is 32.2. The molecule has 0 N–H and O–H groups in total. The Morgan fingerprint density at radius 1 is 1.10 bits per heavy atom. The molecule has 0 aromatic heterocycles. The highest BCUT2D eigenvalue weighted by Gasteiger charge is 2.25. The van der Waals surface area contributed by atoms with Gasteiger partial charge in [0.25, 0.3) is 10.0 Å². The number of unbranched alkanes of at least 4 members (excludes halogenated alkanes) is 1. The molecule has 2 aromatic carbocycles. The Balaban J connectivity index is 2.43. The first-order chi connectivity index (χ1) is 13.8. The van der Waals surface area contributed by atoms with Gasteiger partial charge in [-0.3, -0.25) is 9.10 Å². The Hall–Kier alpha value is -2.80. The smallest absolute Gasteiger partial charge is 0.264 e. The molecule has 0 unspecified atom stereocenters. The lowest BCUT2D eigenvalue weighted by atomic mass is 10.1. The maximum Gasteiger partial charge on any atom is 0.264 e.